The number of carbonyl (C=O) groups is 1. The standard InChI is InChI=1S/C31H28BrN3O3/c1-3-28(34(18-19-38-2)30(36)23-13-12-21-8-4-5-9-22(21)20-23)29-33-27-11-7-6-10-26(27)31(37)35(29)25-16-14-24(32)15-17-25/h4-17,20,28H,3,18-19H2,1-2H3. The molecule has 1 amide bonds. The summed E-state index contributed by atoms with van der Waals surface area (Å²) in [4.78, 5) is 34.7. The van der Waals surface area contributed by atoms with E-state index in [4.69, 9.17) is 9.72 Å². The van der Waals surface area contributed by atoms with Crippen molar-refractivity contribution in [1.82, 2.24) is 14.5 Å². The first-order valence-electron chi connectivity index (χ1n) is 12.6. The molecule has 1 atom stereocenters. The van der Waals surface area contributed by atoms with E-state index in [9.17, 15) is 9.59 Å². The SMILES string of the molecule is CCC(c1nc2ccccc2c(=O)n1-c1ccc(Br)cc1)N(CCOC)C(=O)c1ccc2ccccc2c1. The van der Waals surface area contributed by atoms with Crippen molar-refractivity contribution in [2.45, 2.75) is 19.4 Å². The van der Waals surface area contributed by atoms with E-state index in [1.807, 2.05) is 91.9 Å². The van der Waals surface area contributed by atoms with E-state index in [0.717, 1.165) is 15.2 Å². The number of para-hydroxylation sites is 1. The zero-order valence-corrected chi connectivity index (χ0v) is 22.9. The van der Waals surface area contributed by atoms with Crippen LogP contribution in [0.4, 0.5) is 0 Å². The van der Waals surface area contributed by atoms with Gasteiger partial charge in [-0.2, -0.15) is 0 Å². The minimum atomic E-state index is -0.468. The maximum atomic E-state index is 14.1. The monoisotopic (exact) mass is 569 g/mol. The average Bonchev–Trinajstić information content (AvgIpc) is 2.95. The summed E-state index contributed by atoms with van der Waals surface area (Å²) in [5.74, 6) is 0.383. The number of benzene rings is 4. The molecule has 0 aliphatic rings. The minimum absolute atomic E-state index is 0.135. The second-order valence-electron chi connectivity index (χ2n) is 9.08. The van der Waals surface area contributed by atoms with Crippen LogP contribution in [0.25, 0.3) is 27.4 Å². The van der Waals surface area contributed by atoms with E-state index in [1.54, 1.807) is 22.6 Å². The Labute approximate surface area is 229 Å². The number of ether oxygens (including phenoxy) is 1. The summed E-state index contributed by atoms with van der Waals surface area (Å²) in [7, 11) is 1.62. The molecule has 192 valence electrons. The second kappa shape index (κ2) is 11.3. The first-order chi connectivity index (χ1) is 18.5. The number of nitrogens with zero attached hydrogens (tertiary/aromatic N) is 3. The maximum Gasteiger partial charge on any atom is 0.266 e. The van der Waals surface area contributed by atoms with Crippen LogP contribution < -0.4 is 5.56 Å². The van der Waals surface area contributed by atoms with Crippen LogP contribution in [0.2, 0.25) is 0 Å². The first kappa shape index (κ1) is 25.8. The Morgan fingerprint density at radius 1 is 0.974 bits per heavy atom. The van der Waals surface area contributed by atoms with Crippen molar-refractivity contribution in [2.24, 2.45) is 0 Å². The highest BCUT2D eigenvalue weighted by molar-refractivity contribution is 9.10. The minimum Gasteiger partial charge on any atom is -0.383 e. The highest BCUT2D eigenvalue weighted by Gasteiger charge is 2.29. The van der Waals surface area contributed by atoms with Gasteiger partial charge in [0.2, 0.25) is 0 Å². The van der Waals surface area contributed by atoms with E-state index < -0.39 is 6.04 Å². The molecule has 0 N–H and O–H groups in total. The van der Waals surface area contributed by atoms with Gasteiger partial charge in [-0.25, -0.2) is 4.98 Å². The number of carbonyl (C=O) groups excluding carboxylic acids is 1. The highest BCUT2D eigenvalue weighted by atomic mass is 79.9. The van der Waals surface area contributed by atoms with Crippen LogP contribution in [0.1, 0.15) is 35.6 Å². The predicted molar refractivity (Wildman–Crippen MR) is 155 cm³/mol. The summed E-state index contributed by atoms with van der Waals surface area (Å²) in [5, 5.41) is 2.59. The van der Waals surface area contributed by atoms with E-state index in [0.29, 0.717) is 47.6 Å². The van der Waals surface area contributed by atoms with E-state index >= 15 is 0 Å². The first-order valence-corrected chi connectivity index (χ1v) is 13.4. The molecule has 0 aliphatic heterocycles. The summed E-state index contributed by atoms with van der Waals surface area (Å²) < 4.78 is 7.94. The van der Waals surface area contributed by atoms with Crippen LogP contribution in [-0.2, 0) is 4.74 Å². The van der Waals surface area contributed by atoms with Crippen LogP contribution in [0.15, 0.2) is 100 Å². The van der Waals surface area contributed by atoms with Gasteiger partial charge >= 0.3 is 0 Å². The summed E-state index contributed by atoms with van der Waals surface area (Å²) >= 11 is 3.48. The van der Waals surface area contributed by atoms with Crippen molar-refractivity contribution in [3.63, 3.8) is 0 Å². The van der Waals surface area contributed by atoms with Gasteiger partial charge in [0.05, 0.1) is 29.2 Å². The lowest BCUT2D eigenvalue weighted by Gasteiger charge is -2.32. The fourth-order valence-electron chi connectivity index (χ4n) is 4.83. The highest BCUT2D eigenvalue weighted by Crippen LogP contribution is 2.28. The van der Waals surface area contributed by atoms with Crippen LogP contribution in [0.5, 0.6) is 0 Å². The summed E-state index contributed by atoms with van der Waals surface area (Å²) in [5.41, 5.74) is 1.70. The molecule has 0 bridgehead atoms. The van der Waals surface area contributed by atoms with E-state index in [-0.39, 0.29) is 11.5 Å². The topological polar surface area (TPSA) is 64.4 Å². The lowest BCUT2D eigenvalue weighted by molar-refractivity contribution is 0.0579. The van der Waals surface area contributed by atoms with Gasteiger partial charge in [-0.3, -0.25) is 14.2 Å². The third-order valence-electron chi connectivity index (χ3n) is 6.74. The van der Waals surface area contributed by atoms with Gasteiger partial charge in [0.15, 0.2) is 0 Å². The second-order valence-corrected chi connectivity index (χ2v) is 10.00. The van der Waals surface area contributed by atoms with Crippen molar-refractivity contribution in [3.8, 4) is 5.69 Å². The van der Waals surface area contributed by atoms with E-state index in [1.165, 1.54) is 0 Å². The molecule has 0 radical (unpaired) electrons. The molecule has 5 rings (SSSR count). The summed E-state index contributed by atoms with van der Waals surface area (Å²) in [6, 6.07) is 28.1. The van der Waals surface area contributed by atoms with Gasteiger partial charge in [-0.05, 0) is 65.7 Å². The lowest BCUT2D eigenvalue weighted by Crippen LogP contribution is -2.40. The van der Waals surface area contributed by atoms with Crippen molar-refractivity contribution in [2.75, 3.05) is 20.3 Å². The lowest BCUT2D eigenvalue weighted by atomic mass is 10.0. The Morgan fingerprint density at radius 2 is 1.68 bits per heavy atom. The van der Waals surface area contributed by atoms with Gasteiger partial charge in [0.25, 0.3) is 11.5 Å². The maximum absolute atomic E-state index is 14.1. The number of hydrogen-bond acceptors (Lipinski definition) is 4. The van der Waals surface area contributed by atoms with Gasteiger partial charge in [-0.1, -0.05) is 65.3 Å². The van der Waals surface area contributed by atoms with Crippen LogP contribution >= 0.6 is 15.9 Å². The number of rotatable bonds is 8. The predicted octanol–water partition coefficient (Wildman–Crippen LogP) is 6.54. The summed E-state index contributed by atoms with van der Waals surface area (Å²) in [6.07, 6.45) is 0.560. The zero-order valence-electron chi connectivity index (χ0n) is 21.3. The van der Waals surface area contributed by atoms with Crippen LogP contribution in [0, 0.1) is 0 Å². The van der Waals surface area contributed by atoms with Gasteiger partial charge < -0.3 is 9.64 Å². The van der Waals surface area contributed by atoms with Crippen LogP contribution in [0.3, 0.4) is 0 Å². The molecule has 1 aromatic heterocycles. The van der Waals surface area contributed by atoms with E-state index in [2.05, 4.69) is 15.9 Å². The third-order valence-corrected chi connectivity index (χ3v) is 7.27. The summed E-state index contributed by atoms with van der Waals surface area (Å²) in [6.45, 7) is 2.71. The number of aromatic nitrogens is 2. The van der Waals surface area contributed by atoms with Gasteiger partial charge in [0.1, 0.15) is 5.82 Å². The Morgan fingerprint density at radius 3 is 2.42 bits per heavy atom. The molecule has 38 heavy (non-hydrogen) atoms. The van der Waals surface area contributed by atoms with Gasteiger partial charge in [-0.15, -0.1) is 0 Å². The molecule has 5 aromatic rings. The van der Waals surface area contributed by atoms with Gasteiger partial charge in [0, 0.05) is 23.7 Å². The van der Waals surface area contributed by atoms with Crippen LogP contribution in [-0.4, -0.2) is 40.6 Å². The molecule has 1 heterocycles. The zero-order chi connectivity index (χ0) is 26.6. The Kier molecular flexibility index (Phi) is 7.67. The smallest absolute Gasteiger partial charge is 0.266 e. The van der Waals surface area contributed by atoms with Crippen molar-refractivity contribution < 1.29 is 9.53 Å². The largest absolute Gasteiger partial charge is 0.383 e. The molecule has 1 unspecified atom stereocenters. The average molecular weight is 570 g/mol. The number of halogens is 1. The molecular weight excluding hydrogens is 542 g/mol. The number of hydrogen-bond donors (Lipinski definition) is 0. The quantitative estimate of drug-likeness (QED) is 0.213. The molecule has 0 spiro atoms. The number of fused-ring (bicyclic) bond motifs is 2. The molecule has 4 aromatic carbocycles. The molecule has 0 fully saturated rings. The normalized spacial score (nSPS) is 12.1. The fourth-order valence-corrected chi connectivity index (χ4v) is 5.10. The molecular formula is C31H28BrN3O3. The molecule has 6 nitrogen and oxygen atoms in total. The molecule has 0 saturated carbocycles. The Balaban J connectivity index is 1.69. The molecule has 0 aliphatic carbocycles. The molecule has 0 saturated heterocycles. The Bertz CT molecular complexity index is 1660. The van der Waals surface area contributed by atoms with Crippen molar-refractivity contribution >= 4 is 43.5 Å². The number of methoxy groups -OCH3 is 1. The van der Waals surface area contributed by atoms with Crippen molar-refractivity contribution in [3.05, 3.63) is 117 Å². The Hall–Kier alpha value is -3.81. The third kappa shape index (κ3) is 4.99. The fraction of sp³-hybridized carbons (Fsp3) is 0.194. The number of amides is 1. The van der Waals surface area contributed by atoms with Crippen molar-refractivity contribution in [1.29, 1.82) is 0 Å². The molecule has 7 heteroatoms.